The van der Waals surface area contributed by atoms with Crippen LogP contribution < -0.4 is 5.32 Å². The molecule has 3 aromatic carbocycles. The SMILES string of the molecule is Fc1ccc(CNCCCc2cc3ccncc3c3cc(-c4cn[nH]c4)ccc23)cc1. The molecule has 5 heteroatoms. The molecule has 31 heavy (non-hydrogen) atoms. The van der Waals surface area contributed by atoms with Crippen LogP contribution in [0.3, 0.4) is 0 Å². The average Bonchev–Trinajstić information content (AvgIpc) is 3.35. The summed E-state index contributed by atoms with van der Waals surface area (Å²) in [5, 5.41) is 15.3. The highest BCUT2D eigenvalue weighted by Gasteiger charge is 2.09. The molecule has 2 heterocycles. The van der Waals surface area contributed by atoms with E-state index in [1.54, 1.807) is 0 Å². The number of hydrogen-bond acceptors (Lipinski definition) is 3. The minimum atomic E-state index is -0.196. The van der Waals surface area contributed by atoms with Crippen molar-refractivity contribution in [1.29, 1.82) is 0 Å². The van der Waals surface area contributed by atoms with E-state index in [2.05, 4.69) is 50.8 Å². The Hall–Kier alpha value is -3.57. The molecule has 0 aliphatic rings. The van der Waals surface area contributed by atoms with Crippen molar-refractivity contribution in [2.45, 2.75) is 19.4 Å². The van der Waals surface area contributed by atoms with Crippen LogP contribution in [0.15, 0.2) is 79.4 Å². The van der Waals surface area contributed by atoms with Crippen molar-refractivity contribution in [2.24, 2.45) is 0 Å². The van der Waals surface area contributed by atoms with E-state index in [1.807, 2.05) is 36.9 Å². The molecule has 5 aromatic rings. The van der Waals surface area contributed by atoms with E-state index in [4.69, 9.17) is 0 Å². The van der Waals surface area contributed by atoms with Crippen molar-refractivity contribution >= 4 is 21.5 Å². The predicted molar refractivity (Wildman–Crippen MR) is 123 cm³/mol. The van der Waals surface area contributed by atoms with Gasteiger partial charge in [-0.15, -0.1) is 0 Å². The molecule has 5 rings (SSSR count). The zero-order chi connectivity index (χ0) is 21.0. The smallest absolute Gasteiger partial charge is 0.123 e. The molecule has 0 aliphatic heterocycles. The van der Waals surface area contributed by atoms with Gasteiger partial charge in [-0.05, 0) is 76.5 Å². The molecule has 0 saturated carbocycles. The number of H-pyrrole nitrogens is 1. The quantitative estimate of drug-likeness (QED) is 0.270. The third-order valence-electron chi connectivity index (χ3n) is 5.71. The number of halogens is 1. The predicted octanol–water partition coefficient (Wildman–Crippen LogP) is 5.64. The van der Waals surface area contributed by atoms with Gasteiger partial charge < -0.3 is 5.32 Å². The minimum absolute atomic E-state index is 0.196. The summed E-state index contributed by atoms with van der Waals surface area (Å²) < 4.78 is 13.0. The number of aromatic nitrogens is 3. The van der Waals surface area contributed by atoms with Crippen LogP contribution in [0.4, 0.5) is 4.39 Å². The highest BCUT2D eigenvalue weighted by molar-refractivity contribution is 6.09. The first kappa shape index (κ1) is 19.4. The molecule has 4 nitrogen and oxygen atoms in total. The standard InChI is InChI=1S/C26H23FN4/c27-23-6-3-18(4-7-23)14-28-10-1-2-20-12-21-9-11-29-17-26(21)25-13-19(5-8-24(20)25)22-15-30-31-16-22/h3-9,11-13,15-17,28H,1-2,10,14H2,(H,30,31). The molecular formula is C26H23FN4. The molecule has 0 radical (unpaired) electrons. The van der Waals surface area contributed by atoms with Crippen LogP contribution in [-0.4, -0.2) is 21.7 Å². The van der Waals surface area contributed by atoms with Gasteiger partial charge in [0.15, 0.2) is 0 Å². The maximum atomic E-state index is 13.0. The van der Waals surface area contributed by atoms with Crippen LogP contribution in [-0.2, 0) is 13.0 Å². The van der Waals surface area contributed by atoms with Crippen LogP contribution in [0.2, 0.25) is 0 Å². The number of nitrogens with one attached hydrogen (secondary N) is 2. The minimum Gasteiger partial charge on any atom is -0.313 e. The number of rotatable bonds is 7. The summed E-state index contributed by atoms with van der Waals surface area (Å²) >= 11 is 0. The Morgan fingerprint density at radius 3 is 2.61 bits per heavy atom. The molecule has 0 fully saturated rings. The molecule has 0 spiro atoms. The lowest BCUT2D eigenvalue weighted by molar-refractivity contribution is 0.622. The van der Waals surface area contributed by atoms with Crippen molar-refractivity contribution in [3.8, 4) is 11.1 Å². The molecule has 0 bridgehead atoms. The topological polar surface area (TPSA) is 53.6 Å². The third-order valence-corrected chi connectivity index (χ3v) is 5.71. The number of benzene rings is 3. The van der Waals surface area contributed by atoms with Crippen LogP contribution in [0, 0.1) is 5.82 Å². The first-order valence-electron chi connectivity index (χ1n) is 10.5. The fourth-order valence-electron chi connectivity index (χ4n) is 4.10. The van der Waals surface area contributed by atoms with Crippen LogP contribution >= 0.6 is 0 Å². The van der Waals surface area contributed by atoms with Crippen molar-refractivity contribution < 1.29 is 4.39 Å². The first-order chi connectivity index (χ1) is 15.3. The van der Waals surface area contributed by atoms with E-state index in [0.717, 1.165) is 42.6 Å². The van der Waals surface area contributed by atoms with Crippen molar-refractivity contribution in [1.82, 2.24) is 20.5 Å². The van der Waals surface area contributed by atoms with Crippen LogP contribution in [0.1, 0.15) is 17.5 Å². The zero-order valence-electron chi connectivity index (χ0n) is 17.1. The molecule has 2 aromatic heterocycles. The van der Waals surface area contributed by atoms with Gasteiger partial charge in [-0.1, -0.05) is 30.3 Å². The fourth-order valence-corrected chi connectivity index (χ4v) is 4.10. The lowest BCUT2D eigenvalue weighted by Crippen LogP contribution is -2.15. The Morgan fingerprint density at radius 2 is 1.77 bits per heavy atom. The third kappa shape index (κ3) is 4.18. The van der Waals surface area contributed by atoms with E-state index in [0.29, 0.717) is 0 Å². The number of aryl methyl sites for hydroxylation is 1. The van der Waals surface area contributed by atoms with Crippen molar-refractivity contribution in [2.75, 3.05) is 6.54 Å². The molecule has 0 atom stereocenters. The Kier molecular flexibility index (Phi) is 5.42. The number of nitrogens with zero attached hydrogens (tertiary/aromatic N) is 2. The number of pyridine rings is 1. The highest BCUT2D eigenvalue weighted by Crippen LogP contribution is 2.32. The van der Waals surface area contributed by atoms with Crippen LogP contribution in [0.25, 0.3) is 32.7 Å². The summed E-state index contributed by atoms with van der Waals surface area (Å²) in [4.78, 5) is 4.35. The molecule has 154 valence electrons. The second kappa shape index (κ2) is 8.66. The molecule has 0 saturated heterocycles. The Morgan fingerprint density at radius 1 is 0.871 bits per heavy atom. The monoisotopic (exact) mass is 410 g/mol. The second-order valence-electron chi connectivity index (χ2n) is 7.79. The van der Waals surface area contributed by atoms with Gasteiger partial charge in [-0.2, -0.15) is 5.10 Å². The number of aromatic amines is 1. The highest BCUT2D eigenvalue weighted by atomic mass is 19.1. The molecular weight excluding hydrogens is 387 g/mol. The molecule has 2 N–H and O–H groups in total. The summed E-state index contributed by atoms with van der Waals surface area (Å²) in [6.45, 7) is 1.65. The summed E-state index contributed by atoms with van der Waals surface area (Å²) in [5.74, 6) is -0.196. The largest absolute Gasteiger partial charge is 0.313 e. The molecule has 0 amide bonds. The summed E-state index contributed by atoms with van der Waals surface area (Å²) in [7, 11) is 0. The Balaban J connectivity index is 1.36. The van der Waals surface area contributed by atoms with Crippen LogP contribution in [0.5, 0.6) is 0 Å². The lowest BCUT2D eigenvalue weighted by atomic mass is 9.93. The van der Waals surface area contributed by atoms with Crippen molar-refractivity contribution in [3.63, 3.8) is 0 Å². The summed E-state index contributed by atoms with van der Waals surface area (Å²) in [6, 6.07) is 17.6. The maximum absolute atomic E-state index is 13.0. The van der Waals surface area contributed by atoms with Gasteiger partial charge in [0, 0.05) is 36.1 Å². The second-order valence-corrected chi connectivity index (χ2v) is 7.79. The van der Waals surface area contributed by atoms with E-state index >= 15 is 0 Å². The Bertz CT molecular complexity index is 1310. The van der Waals surface area contributed by atoms with Gasteiger partial charge in [0.05, 0.1) is 6.20 Å². The Labute approximate surface area is 180 Å². The molecule has 0 aliphatic carbocycles. The maximum Gasteiger partial charge on any atom is 0.123 e. The van der Waals surface area contributed by atoms with E-state index in [9.17, 15) is 4.39 Å². The van der Waals surface area contributed by atoms with Gasteiger partial charge in [-0.3, -0.25) is 10.1 Å². The average molecular weight is 410 g/mol. The molecule has 0 unspecified atom stereocenters. The van der Waals surface area contributed by atoms with E-state index < -0.39 is 0 Å². The lowest BCUT2D eigenvalue weighted by Gasteiger charge is -2.12. The normalized spacial score (nSPS) is 11.4. The zero-order valence-corrected chi connectivity index (χ0v) is 17.1. The van der Waals surface area contributed by atoms with Gasteiger partial charge in [0.2, 0.25) is 0 Å². The van der Waals surface area contributed by atoms with Gasteiger partial charge in [-0.25, -0.2) is 4.39 Å². The fraction of sp³-hybridized carbons (Fsp3) is 0.154. The van der Waals surface area contributed by atoms with Gasteiger partial charge >= 0.3 is 0 Å². The van der Waals surface area contributed by atoms with Crippen molar-refractivity contribution in [3.05, 3.63) is 96.3 Å². The first-order valence-corrected chi connectivity index (χ1v) is 10.5. The number of fused-ring (bicyclic) bond motifs is 3. The van der Waals surface area contributed by atoms with Gasteiger partial charge in [0.25, 0.3) is 0 Å². The number of hydrogen-bond donors (Lipinski definition) is 2. The van der Waals surface area contributed by atoms with E-state index in [1.165, 1.54) is 39.2 Å². The van der Waals surface area contributed by atoms with Gasteiger partial charge in [0.1, 0.15) is 5.82 Å². The van der Waals surface area contributed by atoms with E-state index in [-0.39, 0.29) is 5.82 Å². The summed E-state index contributed by atoms with van der Waals surface area (Å²) in [6.07, 6.45) is 9.57. The summed E-state index contributed by atoms with van der Waals surface area (Å²) in [5.41, 5.74) is 4.66.